The maximum Gasteiger partial charge on any atom is 0.201 e. The van der Waals surface area contributed by atoms with Gasteiger partial charge in [0.05, 0.1) is 12.1 Å². The number of benzene rings is 1. The summed E-state index contributed by atoms with van der Waals surface area (Å²) in [6.07, 6.45) is 2.08. The molecule has 0 spiro atoms. The normalized spacial score (nSPS) is 11.4. The van der Waals surface area contributed by atoms with Crippen LogP contribution in [0.5, 0.6) is 5.75 Å². The van der Waals surface area contributed by atoms with Crippen molar-refractivity contribution in [1.82, 2.24) is 9.55 Å². The lowest BCUT2D eigenvalue weighted by atomic mass is 10.1. The summed E-state index contributed by atoms with van der Waals surface area (Å²) in [5.41, 5.74) is 7.97. The van der Waals surface area contributed by atoms with E-state index in [2.05, 4.69) is 36.4 Å². The molecule has 0 unspecified atom stereocenters. The van der Waals surface area contributed by atoms with Crippen molar-refractivity contribution in [3.8, 4) is 5.75 Å². The highest BCUT2D eigenvalue weighted by Gasteiger charge is 2.12. The van der Waals surface area contributed by atoms with Crippen molar-refractivity contribution in [2.75, 3.05) is 12.3 Å². The third kappa shape index (κ3) is 3.00. The lowest BCUT2D eigenvalue weighted by Crippen LogP contribution is -2.05. The molecule has 0 saturated heterocycles. The third-order valence-electron chi connectivity index (χ3n) is 3.16. The number of nitrogens with zero attached hydrogens (tertiary/aromatic N) is 2. The van der Waals surface area contributed by atoms with Gasteiger partial charge in [-0.2, -0.15) is 0 Å². The molecular formula is C15H23N3O. The summed E-state index contributed by atoms with van der Waals surface area (Å²) in [6.45, 7) is 8.13. The van der Waals surface area contributed by atoms with Gasteiger partial charge in [-0.1, -0.05) is 26.8 Å². The zero-order valence-corrected chi connectivity index (χ0v) is 12.0. The van der Waals surface area contributed by atoms with Crippen LogP contribution in [0.3, 0.4) is 0 Å². The van der Waals surface area contributed by atoms with Crippen molar-refractivity contribution in [2.45, 2.75) is 40.2 Å². The molecular weight excluding hydrogens is 238 g/mol. The van der Waals surface area contributed by atoms with Crippen LogP contribution in [-0.4, -0.2) is 16.2 Å². The van der Waals surface area contributed by atoms with Gasteiger partial charge in [-0.05, 0) is 30.9 Å². The Bertz CT molecular complexity index is 546. The van der Waals surface area contributed by atoms with E-state index in [1.165, 1.54) is 0 Å². The van der Waals surface area contributed by atoms with Crippen LogP contribution < -0.4 is 10.5 Å². The number of imidazole rings is 1. The molecule has 104 valence electrons. The molecule has 2 rings (SSSR count). The van der Waals surface area contributed by atoms with Gasteiger partial charge in [-0.25, -0.2) is 4.98 Å². The molecule has 0 atom stereocenters. The van der Waals surface area contributed by atoms with Gasteiger partial charge < -0.3 is 15.0 Å². The molecule has 2 N–H and O–H groups in total. The van der Waals surface area contributed by atoms with Crippen LogP contribution in [-0.2, 0) is 6.54 Å². The van der Waals surface area contributed by atoms with Gasteiger partial charge in [0.25, 0.3) is 0 Å². The highest BCUT2D eigenvalue weighted by atomic mass is 16.5. The Morgan fingerprint density at radius 1 is 1.37 bits per heavy atom. The van der Waals surface area contributed by atoms with Crippen LogP contribution in [0.25, 0.3) is 11.0 Å². The molecule has 4 nitrogen and oxygen atoms in total. The van der Waals surface area contributed by atoms with Crippen molar-refractivity contribution in [3.63, 3.8) is 0 Å². The number of ether oxygens (including phenoxy) is 1. The number of anilines is 1. The summed E-state index contributed by atoms with van der Waals surface area (Å²) >= 11 is 0. The summed E-state index contributed by atoms with van der Waals surface area (Å²) in [6, 6.07) is 6.01. The number of fused-ring (bicyclic) bond motifs is 1. The number of para-hydroxylation sites is 1. The molecule has 4 heteroatoms. The predicted molar refractivity (Wildman–Crippen MR) is 79.4 cm³/mol. The van der Waals surface area contributed by atoms with Gasteiger partial charge in [-0.15, -0.1) is 0 Å². The maximum absolute atomic E-state index is 6.03. The highest BCUT2D eigenvalue weighted by Crippen LogP contribution is 2.27. The molecule has 0 aliphatic heterocycles. The first kappa shape index (κ1) is 13.7. The lowest BCUT2D eigenvalue weighted by Gasteiger charge is -2.09. The van der Waals surface area contributed by atoms with Crippen molar-refractivity contribution in [2.24, 2.45) is 5.92 Å². The van der Waals surface area contributed by atoms with E-state index in [4.69, 9.17) is 10.5 Å². The lowest BCUT2D eigenvalue weighted by molar-refractivity contribution is 0.320. The number of rotatable bonds is 6. The molecule has 0 aliphatic carbocycles. The zero-order valence-electron chi connectivity index (χ0n) is 12.0. The first-order chi connectivity index (χ1) is 9.13. The number of hydrogen-bond acceptors (Lipinski definition) is 3. The SMILES string of the molecule is CCCOc1cccc2c1nc(N)n2CCC(C)C. The predicted octanol–water partition coefficient (Wildman–Crippen LogP) is 3.45. The molecule has 0 bridgehead atoms. The first-order valence-electron chi connectivity index (χ1n) is 7.01. The molecule has 0 aliphatic rings. The summed E-state index contributed by atoms with van der Waals surface area (Å²) < 4.78 is 7.81. The summed E-state index contributed by atoms with van der Waals surface area (Å²) in [5.74, 6) is 2.05. The summed E-state index contributed by atoms with van der Waals surface area (Å²) in [7, 11) is 0. The van der Waals surface area contributed by atoms with Crippen LogP contribution in [0, 0.1) is 5.92 Å². The second-order valence-corrected chi connectivity index (χ2v) is 5.28. The van der Waals surface area contributed by atoms with E-state index in [1.807, 2.05) is 12.1 Å². The number of nitrogens with two attached hydrogens (primary N) is 1. The average molecular weight is 261 g/mol. The van der Waals surface area contributed by atoms with Crippen LogP contribution in [0.1, 0.15) is 33.6 Å². The Labute approximate surface area is 114 Å². The quantitative estimate of drug-likeness (QED) is 0.866. The van der Waals surface area contributed by atoms with Crippen LogP contribution in [0.4, 0.5) is 5.95 Å². The number of hydrogen-bond donors (Lipinski definition) is 1. The fraction of sp³-hybridized carbons (Fsp3) is 0.533. The fourth-order valence-corrected chi connectivity index (χ4v) is 2.09. The van der Waals surface area contributed by atoms with E-state index in [1.54, 1.807) is 0 Å². The average Bonchev–Trinajstić information content (AvgIpc) is 2.70. The molecule has 1 heterocycles. The largest absolute Gasteiger partial charge is 0.491 e. The minimum absolute atomic E-state index is 0.572. The fourth-order valence-electron chi connectivity index (χ4n) is 2.09. The van der Waals surface area contributed by atoms with Gasteiger partial charge in [-0.3, -0.25) is 0 Å². The molecule has 2 aromatic rings. The molecule has 19 heavy (non-hydrogen) atoms. The third-order valence-corrected chi connectivity index (χ3v) is 3.16. The van der Waals surface area contributed by atoms with Gasteiger partial charge in [0, 0.05) is 6.54 Å². The Morgan fingerprint density at radius 3 is 2.84 bits per heavy atom. The number of nitrogen functional groups attached to an aromatic ring is 1. The minimum Gasteiger partial charge on any atom is -0.491 e. The molecule has 1 aromatic carbocycles. The molecule has 0 amide bonds. The van der Waals surface area contributed by atoms with E-state index in [9.17, 15) is 0 Å². The number of aryl methyl sites for hydroxylation is 1. The van der Waals surface area contributed by atoms with Crippen molar-refractivity contribution in [1.29, 1.82) is 0 Å². The second kappa shape index (κ2) is 5.95. The second-order valence-electron chi connectivity index (χ2n) is 5.28. The molecule has 1 aromatic heterocycles. The van der Waals surface area contributed by atoms with Gasteiger partial charge in [0.2, 0.25) is 5.95 Å². The molecule has 0 fully saturated rings. The smallest absolute Gasteiger partial charge is 0.201 e. The highest BCUT2D eigenvalue weighted by molar-refractivity contribution is 5.84. The van der Waals surface area contributed by atoms with Crippen LogP contribution in [0.2, 0.25) is 0 Å². The van der Waals surface area contributed by atoms with Crippen molar-refractivity contribution >= 4 is 17.0 Å². The summed E-state index contributed by atoms with van der Waals surface area (Å²) in [5, 5.41) is 0. The zero-order chi connectivity index (χ0) is 13.8. The van der Waals surface area contributed by atoms with Crippen LogP contribution in [0.15, 0.2) is 18.2 Å². The van der Waals surface area contributed by atoms with E-state index >= 15 is 0 Å². The van der Waals surface area contributed by atoms with Crippen LogP contribution >= 0.6 is 0 Å². The van der Waals surface area contributed by atoms with Gasteiger partial charge in [0.15, 0.2) is 0 Å². The van der Waals surface area contributed by atoms with Crippen molar-refractivity contribution in [3.05, 3.63) is 18.2 Å². The topological polar surface area (TPSA) is 53.1 Å². The molecule has 0 radical (unpaired) electrons. The Morgan fingerprint density at radius 2 is 2.16 bits per heavy atom. The number of aromatic nitrogens is 2. The van der Waals surface area contributed by atoms with Gasteiger partial charge in [0.1, 0.15) is 11.3 Å². The summed E-state index contributed by atoms with van der Waals surface area (Å²) in [4.78, 5) is 4.46. The Kier molecular flexibility index (Phi) is 4.30. The molecule has 0 saturated carbocycles. The van der Waals surface area contributed by atoms with E-state index in [0.717, 1.165) is 36.2 Å². The standard InChI is InChI=1S/C15H23N3O/c1-4-10-19-13-7-5-6-12-14(13)17-15(16)18(12)9-8-11(2)3/h5-7,11H,4,8-10H2,1-3H3,(H2,16,17). The van der Waals surface area contributed by atoms with E-state index in [0.29, 0.717) is 18.5 Å². The van der Waals surface area contributed by atoms with E-state index in [-0.39, 0.29) is 0 Å². The Balaban J connectivity index is 2.35. The van der Waals surface area contributed by atoms with E-state index < -0.39 is 0 Å². The van der Waals surface area contributed by atoms with Crippen molar-refractivity contribution < 1.29 is 4.74 Å². The minimum atomic E-state index is 0.572. The maximum atomic E-state index is 6.03. The monoisotopic (exact) mass is 261 g/mol. The first-order valence-corrected chi connectivity index (χ1v) is 7.01. The van der Waals surface area contributed by atoms with Gasteiger partial charge >= 0.3 is 0 Å². The Hall–Kier alpha value is -1.71.